The summed E-state index contributed by atoms with van der Waals surface area (Å²) in [6.45, 7) is 7.64. The molecule has 0 spiro atoms. The second kappa shape index (κ2) is 10.1. The Morgan fingerprint density at radius 2 is 1.91 bits per heavy atom. The van der Waals surface area contributed by atoms with Gasteiger partial charge in [0.25, 0.3) is 0 Å². The van der Waals surface area contributed by atoms with Crippen molar-refractivity contribution in [1.82, 2.24) is 9.88 Å². The average Bonchev–Trinajstić information content (AvgIpc) is 3.18. The van der Waals surface area contributed by atoms with Crippen LogP contribution in [0.15, 0.2) is 46.9 Å². The van der Waals surface area contributed by atoms with Crippen molar-refractivity contribution >= 4 is 0 Å². The van der Waals surface area contributed by atoms with E-state index < -0.39 is 0 Å². The van der Waals surface area contributed by atoms with Gasteiger partial charge in [0.1, 0.15) is 23.0 Å². The zero-order valence-corrected chi connectivity index (χ0v) is 19.4. The van der Waals surface area contributed by atoms with Gasteiger partial charge in [-0.15, -0.1) is 0 Å². The number of benzene rings is 2. The fraction of sp³-hybridized carbons (Fsp3) is 0.423. The number of aryl methyl sites for hydroxylation is 2. The van der Waals surface area contributed by atoms with E-state index in [1.54, 1.807) is 14.2 Å². The molecule has 1 atom stereocenters. The summed E-state index contributed by atoms with van der Waals surface area (Å²) in [5, 5.41) is 0. The maximum absolute atomic E-state index is 6.12. The number of rotatable bonds is 8. The molecule has 3 aromatic rings. The number of oxazole rings is 1. The molecule has 2 aromatic carbocycles. The van der Waals surface area contributed by atoms with Crippen molar-refractivity contribution < 1.29 is 18.6 Å². The van der Waals surface area contributed by atoms with Crippen LogP contribution in [0.3, 0.4) is 0 Å². The van der Waals surface area contributed by atoms with Gasteiger partial charge in [0.15, 0.2) is 0 Å². The number of hydrogen-bond donors (Lipinski definition) is 0. The average molecular weight is 437 g/mol. The van der Waals surface area contributed by atoms with E-state index >= 15 is 0 Å². The number of para-hydroxylation sites is 1. The standard InChI is InChI=1S/C26H32N2O4/c1-18-8-5-6-10-24(18)31-17-20-9-7-13-28(15-20)16-23-19(2)32-26(27-23)22-12-11-21(29-3)14-25(22)30-4/h5-6,8,10-12,14,20H,7,9,13,15-17H2,1-4H3/t20-/m0/s1. The maximum atomic E-state index is 6.12. The van der Waals surface area contributed by atoms with Gasteiger partial charge < -0.3 is 18.6 Å². The van der Waals surface area contributed by atoms with E-state index in [0.717, 1.165) is 61.2 Å². The van der Waals surface area contributed by atoms with Gasteiger partial charge in [0.05, 0.1) is 32.1 Å². The van der Waals surface area contributed by atoms with E-state index in [2.05, 4.69) is 17.9 Å². The molecule has 1 saturated heterocycles. The van der Waals surface area contributed by atoms with Crippen LogP contribution in [0.2, 0.25) is 0 Å². The van der Waals surface area contributed by atoms with Crippen LogP contribution in [0.1, 0.15) is 29.9 Å². The number of methoxy groups -OCH3 is 2. The highest BCUT2D eigenvalue weighted by Gasteiger charge is 2.23. The zero-order valence-electron chi connectivity index (χ0n) is 19.4. The second-order valence-corrected chi connectivity index (χ2v) is 8.41. The lowest BCUT2D eigenvalue weighted by atomic mass is 9.98. The summed E-state index contributed by atoms with van der Waals surface area (Å²) in [6, 6.07) is 13.9. The Kier molecular flexibility index (Phi) is 7.00. The van der Waals surface area contributed by atoms with Gasteiger partial charge in [0.2, 0.25) is 5.89 Å². The van der Waals surface area contributed by atoms with E-state index in [-0.39, 0.29) is 0 Å². The fourth-order valence-corrected chi connectivity index (χ4v) is 4.23. The van der Waals surface area contributed by atoms with Gasteiger partial charge in [0, 0.05) is 25.1 Å². The molecule has 2 heterocycles. The minimum atomic E-state index is 0.511. The molecule has 0 aliphatic carbocycles. The minimum Gasteiger partial charge on any atom is -0.497 e. The highest BCUT2D eigenvalue weighted by molar-refractivity contribution is 5.65. The van der Waals surface area contributed by atoms with Gasteiger partial charge in [-0.1, -0.05) is 18.2 Å². The largest absolute Gasteiger partial charge is 0.497 e. The first kappa shape index (κ1) is 22.2. The number of likely N-dealkylation sites (tertiary alicyclic amines) is 1. The summed E-state index contributed by atoms with van der Waals surface area (Å²) in [7, 11) is 3.28. The SMILES string of the molecule is COc1ccc(-c2nc(CN3CCC[C@H](COc4ccccc4C)C3)c(C)o2)c(OC)c1. The van der Waals surface area contributed by atoms with Crippen LogP contribution < -0.4 is 14.2 Å². The second-order valence-electron chi connectivity index (χ2n) is 8.41. The van der Waals surface area contributed by atoms with E-state index in [1.807, 2.05) is 43.3 Å². The molecule has 0 radical (unpaired) electrons. The summed E-state index contributed by atoms with van der Waals surface area (Å²) in [5.74, 6) is 4.33. The molecule has 6 nitrogen and oxygen atoms in total. The van der Waals surface area contributed by atoms with E-state index in [4.69, 9.17) is 23.6 Å². The first-order chi connectivity index (χ1) is 15.6. The quantitative estimate of drug-likeness (QED) is 0.480. The van der Waals surface area contributed by atoms with Gasteiger partial charge in [-0.05, 0) is 57.0 Å². The molecular formula is C26H32N2O4. The lowest BCUT2D eigenvalue weighted by Crippen LogP contribution is -2.37. The summed E-state index contributed by atoms with van der Waals surface area (Å²) in [4.78, 5) is 7.26. The normalized spacial score (nSPS) is 16.7. The first-order valence-electron chi connectivity index (χ1n) is 11.2. The molecule has 0 unspecified atom stereocenters. The van der Waals surface area contributed by atoms with Crippen LogP contribution in [0.25, 0.3) is 11.5 Å². The van der Waals surface area contributed by atoms with Crippen molar-refractivity contribution in [2.75, 3.05) is 33.9 Å². The Bertz CT molecular complexity index is 1050. The maximum Gasteiger partial charge on any atom is 0.230 e. The molecule has 4 rings (SSSR count). The number of nitrogens with zero attached hydrogens (tertiary/aromatic N) is 2. The topological polar surface area (TPSA) is 57.0 Å². The van der Waals surface area contributed by atoms with Crippen LogP contribution in [0.5, 0.6) is 17.2 Å². The zero-order chi connectivity index (χ0) is 22.5. The van der Waals surface area contributed by atoms with Crippen LogP contribution in [-0.2, 0) is 6.54 Å². The van der Waals surface area contributed by atoms with Crippen molar-refractivity contribution in [3.8, 4) is 28.7 Å². The summed E-state index contributed by atoms with van der Waals surface area (Å²) < 4.78 is 23.0. The van der Waals surface area contributed by atoms with Crippen LogP contribution in [-0.4, -0.2) is 43.8 Å². The summed E-state index contributed by atoms with van der Waals surface area (Å²) >= 11 is 0. The molecule has 0 saturated carbocycles. The Morgan fingerprint density at radius 1 is 1.06 bits per heavy atom. The number of aromatic nitrogens is 1. The van der Waals surface area contributed by atoms with Crippen molar-refractivity contribution in [1.29, 1.82) is 0 Å². The van der Waals surface area contributed by atoms with Gasteiger partial charge >= 0.3 is 0 Å². The highest BCUT2D eigenvalue weighted by Crippen LogP contribution is 2.34. The van der Waals surface area contributed by atoms with Crippen LogP contribution in [0.4, 0.5) is 0 Å². The highest BCUT2D eigenvalue weighted by atomic mass is 16.5. The number of ether oxygens (including phenoxy) is 3. The predicted octanol–water partition coefficient (Wildman–Crippen LogP) is 5.27. The Hall–Kier alpha value is -2.99. The van der Waals surface area contributed by atoms with Crippen molar-refractivity contribution in [2.24, 2.45) is 5.92 Å². The Labute approximate surface area is 190 Å². The third-order valence-electron chi connectivity index (χ3n) is 6.08. The molecule has 1 aliphatic rings. The molecular weight excluding hydrogens is 404 g/mol. The third kappa shape index (κ3) is 5.07. The lowest BCUT2D eigenvalue weighted by Gasteiger charge is -2.32. The van der Waals surface area contributed by atoms with Crippen molar-refractivity contribution in [3.05, 3.63) is 59.5 Å². The van der Waals surface area contributed by atoms with Crippen LogP contribution in [0, 0.1) is 19.8 Å². The minimum absolute atomic E-state index is 0.511. The molecule has 1 aromatic heterocycles. The molecule has 170 valence electrons. The first-order valence-corrected chi connectivity index (χ1v) is 11.2. The van der Waals surface area contributed by atoms with E-state index in [1.165, 1.54) is 12.0 Å². The molecule has 1 fully saturated rings. The van der Waals surface area contributed by atoms with Crippen LogP contribution >= 0.6 is 0 Å². The molecule has 6 heteroatoms. The fourth-order valence-electron chi connectivity index (χ4n) is 4.23. The molecule has 32 heavy (non-hydrogen) atoms. The third-order valence-corrected chi connectivity index (χ3v) is 6.08. The smallest absolute Gasteiger partial charge is 0.230 e. The van der Waals surface area contributed by atoms with Gasteiger partial charge in [-0.25, -0.2) is 4.98 Å². The molecule has 0 amide bonds. The Morgan fingerprint density at radius 3 is 2.69 bits per heavy atom. The lowest BCUT2D eigenvalue weighted by molar-refractivity contribution is 0.123. The van der Waals surface area contributed by atoms with Gasteiger partial charge in [-0.2, -0.15) is 0 Å². The van der Waals surface area contributed by atoms with Crippen molar-refractivity contribution in [2.45, 2.75) is 33.2 Å². The number of piperidine rings is 1. The number of hydrogen-bond acceptors (Lipinski definition) is 6. The summed E-state index contributed by atoms with van der Waals surface area (Å²) in [6.07, 6.45) is 2.35. The summed E-state index contributed by atoms with van der Waals surface area (Å²) in [5.41, 5.74) is 2.98. The Balaban J connectivity index is 1.41. The van der Waals surface area contributed by atoms with Gasteiger partial charge in [-0.3, -0.25) is 4.90 Å². The molecule has 0 N–H and O–H groups in total. The predicted molar refractivity (Wildman–Crippen MR) is 124 cm³/mol. The molecule has 1 aliphatic heterocycles. The van der Waals surface area contributed by atoms with E-state index in [9.17, 15) is 0 Å². The monoisotopic (exact) mass is 436 g/mol. The molecule has 0 bridgehead atoms. The van der Waals surface area contributed by atoms with E-state index in [0.29, 0.717) is 17.6 Å². The van der Waals surface area contributed by atoms with Crippen molar-refractivity contribution in [3.63, 3.8) is 0 Å².